The first-order valence-electron chi connectivity index (χ1n) is 5.65. The average molecular weight is 372 g/mol. The van der Waals surface area contributed by atoms with Crippen LogP contribution in [0.5, 0.6) is 5.75 Å². The van der Waals surface area contributed by atoms with Crippen molar-refractivity contribution in [1.29, 1.82) is 0 Å². The molecule has 2 nitrogen and oxygen atoms in total. The molecule has 2 aromatic carbocycles. The Morgan fingerprint density at radius 3 is 2.45 bits per heavy atom. The Morgan fingerprint density at radius 2 is 1.80 bits per heavy atom. The number of esters is 1. The van der Waals surface area contributed by atoms with Gasteiger partial charge in [-0.2, -0.15) is 0 Å². The number of hydrogen-bond acceptors (Lipinski definition) is 2. The van der Waals surface area contributed by atoms with Gasteiger partial charge < -0.3 is 4.74 Å². The van der Waals surface area contributed by atoms with Gasteiger partial charge in [-0.3, -0.25) is 0 Å². The van der Waals surface area contributed by atoms with Crippen LogP contribution in [-0.4, -0.2) is 5.97 Å². The Bertz CT molecular complexity index is 651. The van der Waals surface area contributed by atoms with Crippen LogP contribution in [0.15, 0.2) is 53.0 Å². The molecule has 0 atom stereocenters. The Morgan fingerprint density at radius 1 is 1.10 bits per heavy atom. The second-order valence-electron chi connectivity index (χ2n) is 3.88. The zero-order valence-corrected chi connectivity index (χ0v) is 13.2. The molecule has 0 saturated heterocycles. The summed E-state index contributed by atoms with van der Waals surface area (Å²) in [5, 5.41) is 0.781. The zero-order chi connectivity index (χ0) is 14.5. The molecular formula is C15H9BrCl2O2. The third kappa shape index (κ3) is 4.37. The lowest BCUT2D eigenvalue weighted by Gasteiger charge is -2.03. The third-order valence-electron chi connectivity index (χ3n) is 2.39. The molecule has 0 amide bonds. The SMILES string of the molecule is O=C(C=Cc1ccc(Br)cc1)Oc1ccc(Cl)cc1Cl. The predicted molar refractivity (Wildman–Crippen MR) is 85.3 cm³/mol. The van der Waals surface area contributed by atoms with Crippen molar-refractivity contribution in [3.8, 4) is 5.75 Å². The lowest BCUT2D eigenvalue weighted by Crippen LogP contribution is -2.03. The molecule has 0 unspecified atom stereocenters. The van der Waals surface area contributed by atoms with Crippen molar-refractivity contribution < 1.29 is 9.53 Å². The maximum Gasteiger partial charge on any atom is 0.336 e. The Kier molecular flexibility index (Phi) is 5.24. The number of halogens is 3. The Balaban J connectivity index is 2.03. The molecule has 0 bridgehead atoms. The number of ether oxygens (including phenoxy) is 1. The smallest absolute Gasteiger partial charge is 0.336 e. The van der Waals surface area contributed by atoms with Crippen molar-refractivity contribution in [1.82, 2.24) is 0 Å². The Labute approximate surface area is 135 Å². The minimum atomic E-state index is -0.503. The number of carbonyl (C=O) groups excluding carboxylic acids is 1. The summed E-state index contributed by atoms with van der Waals surface area (Å²) in [6, 6.07) is 12.2. The topological polar surface area (TPSA) is 26.3 Å². The molecule has 0 heterocycles. The van der Waals surface area contributed by atoms with Crippen LogP contribution in [0.25, 0.3) is 6.08 Å². The second-order valence-corrected chi connectivity index (χ2v) is 5.64. The normalized spacial score (nSPS) is 10.8. The fourth-order valence-corrected chi connectivity index (χ4v) is 2.15. The molecule has 0 saturated carbocycles. The quantitative estimate of drug-likeness (QED) is 0.411. The van der Waals surface area contributed by atoms with Gasteiger partial charge in [0, 0.05) is 15.6 Å². The van der Waals surface area contributed by atoms with Gasteiger partial charge in [0.25, 0.3) is 0 Å². The number of rotatable bonds is 3. The highest BCUT2D eigenvalue weighted by atomic mass is 79.9. The van der Waals surface area contributed by atoms with E-state index in [0.29, 0.717) is 10.0 Å². The van der Waals surface area contributed by atoms with E-state index >= 15 is 0 Å². The summed E-state index contributed by atoms with van der Waals surface area (Å²) in [6.07, 6.45) is 3.01. The summed E-state index contributed by atoms with van der Waals surface area (Å²) in [5.74, 6) is -0.223. The van der Waals surface area contributed by atoms with Crippen LogP contribution in [0.1, 0.15) is 5.56 Å². The molecule has 0 aliphatic carbocycles. The third-order valence-corrected chi connectivity index (χ3v) is 3.45. The standard InChI is InChI=1S/C15H9BrCl2O2/c16-11-4-1-10(2-5-11)3-8-15(19)20-14-7-6-12(17)9-13(14)18/h1-9H. The molecular weight excluding hydrogens is 363 g/mol. The monoisotopic (exact) mass is 370 g/mol. The van der Waals surface area contributed by atoms with Crippen molar-refractivity contribution in [3.63, 3.8) is 0 Å². The summed E-state index contributed by atoms with van der Waals surface area (Å²) >= 11 is 15.0. The van der Waals surface area contributed by atoms with E-state index in [1.807, 2.05) is 24.3 Å². The van der Waals surface area contributed by atoms with Gasteiger partial charge in [0.1, 0.15) is 5.75 Å². The zero-order valence-electron chi connectivity index (χ0n) is 10.1. The first-order valence-corrected chi connectivity index (χ1v) is 7.20. The van der Waals surface area contributed by atoms with E-state index in [2.05, 4.69) is 15.9 Å². The lowest BCUT2D eigenvalue weighted by molar-refractivity contribution is -0.128. The van der Waals surface area contributed by atoms with Gasteiger partial charge in [-0.25, -0.2) is 4.79 Å². The van der Waals surface area contributed by atoms with Crippen molar-refractivity contribution in [2.75, 3.05) is 0 Å². The molecule has 0 aliphatic rings. The van der Waals surface area contributed by atoms with Gasteiger partial charge >= 0.3 is 5.97 Å². The van der Waals surface area contributed by atoms with E-state index in [4.69, 9.17) is 27.9 Å². The van der Waals surface area contributed by atoms with E-state index in [0.717, 1.165) is 10.0 Å². The minimum Gasteiger partial charge on any atom is -0.422 e. The molecule has 0 radical (unpaired) electrons. The van der Waals surface area contributed by atoms with Gasteiger partial charge in [0.2, 0.25) is 0 Å². The predicted octanol–water partition coefficient (Wildman–Crippen LogP) is 5.37. The van der Waals surface area contributed by atoms with E-state index in [1.165, 1.54) is 12.1 Å². The molecule has 2 rings (SSSR count). The highest BCUT2D eigenvalue weighted by Gasteiger charge is 2.06. The summed E-state index contributed by atoms with van der Waals surface area (Å²) in [4.78, 5) is 11.7. The minimum absolute atomic E-state index is 0.279. The molecule has 2 aromatic rings. The van der Waals surface area contributed by atoms with Gasteiger partial charge in [-0.1, -0.05) is 51.3 Å². The number of carbonyl (C=O) groups is 1. The summed E-state index contributed by atoms with van der Waals surface area (Å²) < 4.78 is 6.10. The molecule has 0 N–H and O–H groups in total. The van der Waals surface area contributed by atoms with E-state index in [9.17, 15) is 4.79 Å². The number of hydrogen-bond donors (Lipinski definition) is 0. The molecule has 0 aliphatic heterocycles. The maximum absolute atomic E-state index is 11.7. The van der Waals surface area contributed by atoms with Crippen LogP contribution in [0.3, 0.4) is 0 Å². The first-order chi connectivity index (χ1) is 9.54. The average Bonchev–Trinajstić information content (AvgIpc) is 2.41. The molecule has 20 heavy (non-hydrogen) atoms. The van der Waals surface area contributed by atoms with Crippen LogP contribution < -0.4 is 4.74 Å². The molecule has 0 aromatic heterocycles. The van der Waals surface area contributed by atoms with Crippen LogP contribution in [0.2, 0.25) is 10.0 Å². The van der Waals surface area contributed by atoms with E-state index in [1.54, 1.807) is 18.2 Å². The van der Waals surface area contributed by atoms with Gasteiger partial charge in [-0.15, -0.1) is 0 Å². The summed E-state index contributed by atoms with van der Waals surface area (Å²) in [5.41, 5.74) is 0.896. The van der Waals surface area contributed by atoms with Crippen molar-refractivity contribution >= 4 is 51.2 Å². The van der Waals surface area contributed by atoms with Gasteiger partial charge in [-0.05, 0) is 42.0 Å². The largest absolute Gasteiger partial charge is 0.422 e. The highest BCUT2D eigenvalue weighted by molar-refractivity contribution is 9.10. The van der Waals surface area contributed by atoms with Crippen molar-refractivity contribution in [2.45, 2.75) is 0 Å². The highest BCUT2D eigenvalue weighted by Crippen LogP contribution is 2.27. The van der Waals surface area contributed by atoms with Crippen LogP contribution in [0, 0.1) is 0 Å². The second kappa shape index (κ2) is 6.93. The van der Waals surface area contributed by atoms with Crippen LogP contribution >= 0.6 is 39.1 Å². The van der Waals surface area contributed by atoms with Gasteiger partial charge in [0.15, 0.2) is 0 Å². The van der Waals surface area contributed by atoms with Crippen LogP contribution in [-0.2, 0) is 4.79 Å². The van der Waals surface area contributed by atoms with Crippen molar-refractivity contribution in [3.05, 3.63) is 68.6 Å². The van der Waals surface area contributed by atoms with E-state index < -0.39 is 5.97 Å². The number of benzene rings is 2. The summed E-state index contributed by atoms with van der Waals surface area (Å²) in [7, 11) is 0. The van der Waals surface area contributed by atoms with Crippen molar-refractivity contribution in [2.24, 2.45) is 0 Å². The lowest BCUT2D eigenvalue weighted by atomic mass is 10.2. The molecule has 0 spiro atoms. The molecule has 0 fully saturated rings. The fraction of sp³-hybridized carbons (Fsp3) is 0. The maximum atomic E-state index is 11.7. The fourth-order valence-electron chi connectivity index (χ4n) is 1.44. The van der Waals surface area contributed by atoms with Crippen LogP contribution in [0.4, 0.5) is 0 Å². The first kappa shape index (κ1) is 15.1. The molecule has 5 heteroatoms. The molecule has 102 valence electrons. The van der Waals surface area contributed by atoms with Gasteiger partial charge in [0.05, 0.1) is 5.02 Å². The summed E-state index contributed by atoms with van der Waals surface area (Å²) in [6.45, 7) is 0. The van der Waals surface area contributed by atoms with E-state index in [-0.39, 0.29) is 5.75 Å². The Hall–Kier alpha value is -1.29.